The lowest BCUT2D eigenvalue weighted by molar-refractivity contribution is -0.122. The van der Waals surface area contributed by atoms with Crippen molar-refractivity contribution in [3.8, 4) is 23.1 Å². The topological polar surface area (TPSA) is 78.3 Å². The van der Waals surface area contributed by atoms with Crippen LogP contribution >= 0.6 is 0 Å². The lowest BCUT2D eigenvalue weighted by atomic mass is 9.85. The first kappa shape index (κ1) is 20.1. The Balaban J connectivity index is 1.65. The Kier molecular flexibility index (Phi) is 6.09. The highest BCUT2D eigenvalue weighted by Gasteiger charge is 2.25. The molecule has 0 spiro atoms. The molecule has 1 N–H and O–H groups in total. The molecule has 7 heteroatoms. The van der Waals surface area contributed by atoms with Gasteiger partial charge in [-0.2, -0.15) is 4.98 Å². The number of methoxy groups -OCH3 is 1. The van der Waals surface area contributed by atoms with Gasteiger partial charge in [0.2, 0.25) is 5.91 Å². The van der Waals surface area contributed by atoms with E-state index in [-0.39, 0.29) is 17.8 Å². The molecule has 1 amide bonds. The smallest absolute Gasteiger partial charge is 0.336 e. The standard InChI is InChI=1S/C23H26N4O3/c1-16-9-11-17(12-10-16)21-25-23(30-14-13-29-2)26-27(21)20-8-4-7-19(15-20)24-22(28)18-5-3-6-18/h4,7-12,15,18H,3,5-6,13-14H2,1-2H3,(H,24,28). The fraction of sp³-hybridized carbons (Fsp3) is 0.348. The molecule has 1 heterocycles. The predicted molar refractivity (Wildman–Crippen MR) is 115 cm³/mol. The van der Waals surface area contributed by atoms with Crippen molar-refractivity contribution in [1.82, 2.24) is 14.8 Å². The third kappa shape index (κ3) is 4.52. The lowest BCUT2D eigenvalue weighted by Gasteiger charge is -2.24. The van der Waals surface area contributed by atoms with Crippen molar-refractivity contribution in [1.29, 1.82) is 0 Å². The third-order valence-corrected chi connectivity index (χ3v) is 5.25. The highest BCUT2D eigenvalue weighted by molar-refractivity contribution is 5.93. The summed E-state index contributed by atoms with van der Waals surface area (Å²) in [6, 6.07) is 16.0. The molecule has 0 bridgehead atoms. The zero-order chi connectivity index (χ0) is 20.9. The van der Waals surface area contributed by atoms with E-state index in [0.29, 0.717) is 19.0 Å². The van der Waals surface area contributed by atoms with E-state index in [9.17, 15) is 4.79 Å². The second-order valence-electron chi connectivity index (χ2n) is 7.50. The van der Waals surface area contributed by atoms with Crippen LogP contribution in [0, 0.1) is 12.8 Å². The molecule has 0 saturated heterocycles. The van der Waals surface area contributed by atoms with E-state index < -0.39 is 0 Å². The van der Waals surface area contributed by atoms with Crippen LogP contribution < -0.4 is 10.1 Å². The summed E-state index contributed by atoms with van der Waals surface area (Å²) in [5.41, 5.74) is 3.64. The largest absolute Gasteiger partial charge is 0.460 e. The number of ether oxygens (including phenoxy) is 2. The van der Waals surface area contributed by atoms with Crippen molar-refractivity contribution in [3.05, 3.63) is 54.1 Å². The number of nitrogens with one attached hydrogen (secondary N) is 1. The van der Waals surface area contributed by atoms with Gasteiger partial charge in [0.05, 0.1) is 12.3 Å². The van der Waals surface area contributed by atoms with Crippen LogP contribution in [0.3, 0.4) is 0 Å². The fourth-order valence-electron chi connectivity index (χ4n) is 3.27. The Morgan fingerprint density at radius 2 is 1.97 bits per heavy atom. The van der Waals surface area contributed by atoms with Gasteiger partial charge in [0.1, 0.15) is 6.61 Å². The minimum absolute atomic E-state index is 0.0827. The number of hydrogen-bond acceptors (Lipinski definition) is 5. The van der Waals surface area contributed by atoms with Crippen LogP contribution in [0.2, 0.25) is 0 Å². The highest BCUT2D eigenvalue weighted by atomic mass is 16.5. The number of anilines is 1. The van der Waals surface area contributed by atoms with Gasteiger partial charge >= 0.3 is 6.01 Å². The first-order valence-corrected chi connectivity index (χ1v) is 10.2. The van der Waals surface area contributed by atoms with Crippen LogP contribution in [0.25, 0.3) is 17.1 Å². The molecule has 7 nitrogen and oxygen atoms in total. The maximum absolute atomic E-state index is 12.3. The monoisotopic (exact) mass is 406 g/mol. The van der Waals surface area contributed by atoms with Crippen LogP contribution in [-0.2, 0) is 9.53 Å². The van der Waals surface area contributed by atoms with Gasteiger partial charge in [0.25, 0.3) is 0 Å². The minimum atomic E-state index is 0.0827. The molecular weight excluding hydrogens is 380 g/mol. The summed E-state index contributed by atoms with van der Waals surface area (Å²) in [5, 5.41) is 7.57. The molecule has 3 aromatic rings. The molecule has 0 atom stereocenters. The average Bonchev–Trinajstić information content (AvgIpc) is 3.12. The summed E-state index contributed by atoms with van der Waals surface area (Å²) in [6.45, 7) is 2.87. The van der Waals surface area contributed by atoms with Gasteiger partial charge in [-0.1, -0.05) is 42.3 Å². The van der Waals surface area contributed by atoms with E-state index in [0.717, 1.165) is 36.2 Å². The van der Waals surface area contributed by atoms with Gasteiger partial charge in [-0.3, -0.25) is 4.79 Å². The summed E-state index contributed by atoms with van der Waals surface area (Å²) >= 11 is 0. The van der Waals surface area contributed by atoms with Gasteiger partial charge in [0, 0.05) is 24.3 Å². The van der Waals surface area contributed by atoms with Crippen molar-refractivity contribution in [2.24, 2.45) is 5.92 Å². The van der Waals surface area contributed by atoms with E-state index in [1.54, 1.807) is 11.8 Å². The number of carbonyl (C=O) groups excluding carboxylic acids is 1. The van der Waals surface area contributed by atoms with Gasteiger partial charge in [-0.05, 0) is 38.0 Å². The Hall–Kier alpha value is -3.19. The van der Waals surface area contributed by atoms with Crippen LogP contribution in [-0.4, -0.2) is 41.0 Å². The van der Waals surface area contributed by atoms with Crippen molar-refractivity contribution >= 4 is 11.6 Å². The van der Waals surface area contributed by atoms with Gasteiger partial charge in [-0.15, -0.1) is 5.10 Å². The Labute approximate surface area is 176 Å². The van der Waals surface area contributed by atoms with Crippen LogP contribution in [0.5, 0.6) is 6.01 Å². The van der Waals surface area contributed by atoms with Crippen molar-refractivity contribution in [2.45, 2.75) is 26.2 Å². The minimum Gasteiger partial charge on any atom is -0.460 e. The molecule has 0 aliphatic heterocycles. The van der Waals surface area contributed by atoms with Gasteiger partial charge in [-0.25, -0.2) is 4.68 Å². The maximum atomic E-state index is 12.3. The number of rotatable bonds is 8. The van der Waals surface area contributed by atoms with E-state index >= 15 is 0 Å². The zero-order valence-corrected chi connectivity index (χ0v) is 17.3. The summed E-state index contributed by atoms with van der Waals surface area (Å²) in [4.78, 5) is 16.9. The number of aryl methyl sites for hydroxylation is 1. The second-order valence-corrected chi connectivity index (χ2v) is 7.50. The number of carbonyl (C=O) groups is 1. The molecule has 0 unspecified atom stereocenters. The summed E-state index contributed by atoms with van der Waals surface area (Å²) in [7, 11) is 1.62. The summed E-state index contributed by atoms with van der Waals surface area (Å²) in [6.07, 6.45) is 3.06. The van der Waals surface area contributed by atoms with Crippen molar-refractivity contribution in [3.63, 3.8) is 0 Å². The molecule has 1 fully saturated rings. The number of benzene rings is 2. The first-order valence-electron chi connectivity index (χ1n) is 10.2. The molecule has 1 aliphatic carbocycles. The first-order chi connectivity index (χ1) is 14.6. The van der Waals surface area contributed by atoms with E-state index in [1.807, 2.05) is 55.5 Å². The molecule has 0 radical (unpaired) electrons. The van der Waals surface area contributed by atoms with Crippen LogP contribution in [0.15, 0.2) is 48.5 Å². The quantitative estimate of drug-likeness (QED) is 0.572. The normalized spacial score (nSPS) is 13.7. The molecular formula is C23H26N4O3. The fourth-order valence-corrected chi connectivity index (χ4v) is 3.27. The Morgan fingerprint density at radius 1 is 1.17 bits per heavy atom. The zero-order valence-electron chi connectivity index (χ0n) is 17.3. The maximum Gasteiger partial charge on any atom is 0.336 e. The van der Waals surface area contributed by atoms with E-state index in [4.69, 9.17) is 9.47 Å². The van der Waals surface area contributed by atoms with Gasteiger partial charge < -0.3 is 14.8 Å². The van der Waals surface area contributed by atoms with E-state index in [2.05, 4.69) is 15.4 Å². The molecule has 1 aromatic heterocycles. The molecule has 156 valence electrons. The molecule has 1 aliphatic rings. The molecule has 1 saturated carbocycles. The Bertz CT molecular complexity index is 1010. The predicted octanol–water partition coefficient (Wildman–Crippen LogP) is 4.01. The second kappa shape index (κ2) is 9.09. The van der Waals surface area contributed by atoms with Crippen molar-refractivity contribution in [2.75, 3.05) is 25.6 Å². The lowest BCUT2D eigenvalue weighted by Crippen LogP contribution is -2.28. The van der Waals surface area contributed by atoms with Crippen molar-refractivity contribution < 1.29 is 14.3 Å². The SMILES string of the molecule is COCCOc1nc(-c2ccc(C)cc2)n(-c2cccc(NC(=O)C3CCC3)c2)n1. The molecule has 2 aromatic carbocycles. The van der Waals surface area contributed by atoms with Gasteiger partial charge in [0.15, 0.2) is 5.82 Å². The highest BCUT2D eigenvalue weighted by Crippen LogP contribution is 2.29. The van der Waals surface area contributed by atoms with Crippen LogP contribution in [0.4, 0.5) is 5.69 Å². The Morgan fingerprint density at radius 3 is 2.67 bits per heavy atom. The van der Waals surface area contributed by atoms with Crippen LogP contribution in [0.1, 0.15) is 24.8 Å². The molecule has 30 heavy (non-hydrogen) atoms. The number of hydrogen-bond donors (Lipinski definition) is 1. The van der Waals surface area contributed by atoms with E-state index in [1.165, 1.54) is 5.56 Å². The molecule has 4 rings (SSSR count). The summed E-state index contributed by atoms with van der Waals surface area (Å²) < 4.78 is 12.4. The third-order valence-electron chi connectivity index (χ3n) is 5.25. The number of aromatic nitrogens is 3. The number of amides is 1. The number of nitrogens with zero attached hydrogens (tertiary/aromatic N) is 3. The summed E-state index contributed by atoms with van der Waals surface area (Å²) in [5.74, 6) is 0.883. The average molecular weight is 406 g/mol.